The molecule has 0 heterocycles. The highest BCUT2D eigenvalue weighted by atomic mass is 32.2. The van der Waals surface area contributed by atoms with Crippen LogP contribution >= 0.6 is 11.8 Å². The van der Waals surface area contributed by atoms with Gasteiger partial charge in [-0.15, -0.1) is 11.8 Å². The lowest BCUT2D eigenvalue weighted by Gasteiger charge is -2.24. The summed E-state index contributed by atoms with van der Waals surface area (Å²) in [6.07, 6.45) is 4.22. The van der Waals surface area contributed by atoms with Gasteiger partial charge in [-0.2, -0.15) is 0 Å². The number of ether oxygens (including phenoxy) is 3. The quantitative estimate of drug-likeness (QED) is 0.582. The van der Waals surface area contributed by atoms with Gasteiger partial charge in [0.25, 0.3) is 0 Å². The number of fused-ring (bicyclic) bond motifs is 4. The minimum Gasteiger partial charge on any atom is -0.497 e. The second kappa shape index (κ2) is 6.76. The summed E-state index contributed by atoms with van der Waals surface area (Å²) in [5, 5.41) is 2.40. The summed E-state index contributed by atoms with van der Waals surface area (Å²) in [6, 6.07) is 12.9. The fourth-order valence-electron chi connectivity index (χ4n) is 3.89. The molecule has 0 aliphatic heterocycles. The molecule has 4 rings (SSSR count). The zero-order chi connectivity index (χ0) is 18.3. The van der Waals surface area contributed by atoms with Gasteiger partial charge < -0.3 is 14.2 Å². The van der Waals surface area contributed by atoms with Crippen molar-refractivity contribution in [3.63, 3.8) is 0 Å². The summed E-state index contributed by atoms with van der Waals surface area (Å²) in [5.74, 6) is 2.46. The third-order valence-corrected chi connectivity index (χ3v) is 6.02. The van der Waals surface area contributed by atoms with Crippen molar-refractivity contribution in [1.29, 1.82) is 0 Å². The average molecular weight is 366 g/mol. The van der Waals surface area contributed by atoms with Gasteiger partial charge in [-0.3, -0.25) is 0 Å². The van der Waals surface area contributed by atoms with Gasteiger partial charge in [-0.25, -0.2) is 0 Å². The van der Waals surface area contributed by atoms with E-state index in [-0.39, 0.29) is 0 Å². The zero-order valence-corrected chi connectivity index (χ0v) is 16.3. The Labute approximate surface area is 158 Å². The third kappa shape index (κ3) is 2.60. The van der Waals surface area contributed by atoms with E-state index in [1.165, 1.54) is 37.9 Å². The second-order valence-electron chi connectivity index (χ2n) is 6.39. The molecule has 3 nitrogen and oxygen atoms in total. The molecule has 0 saturated carbocycles. The van der Waals surface area contributed by atoms with E-state index in [1.807, 2.05) is 6.07 Å². The van der Waals surface area contributed by atoms with Gasteiger partial charge in [-0.05, 0) is 82.5 Å². The number of benzene rings is 3. The first-order chi connectivity index (χ1) is 12.7. The highest BCUT2D eigenvalue weighted by Gasteiger charge is 2.22. The maximum absolute atomic E-state index is 5.52. The normalized spacial score (nSPS) is 12.5. The summed E-state index contributed by atoms with van der Waals surface area (Å²) in [6.45, 7) is 0. The van der Waals surface area contributed by atoms with Crippen molar-refractivity contribution in [3.8, 4) is 28.4 Å². The molecule has 0 radical (unpaired) electrons. The number of thioether (sulfide) groups is 1. The molecule has 0 spiro atoms. The van der Waals surface area contributed by atoms with Crippen LogP contribution in [0.1, 0.15) is 11.1 Å². The molecule has 1 aliphatic rings. The Balaban J connectivity index is 2.01. The third-order valence-electron chi connectivity index (χ3n) is 5.15. The molecule has 1 aliphatic carbocycles. The molecular formula is C22H22O3S. The van der Waals surface area contributed by atoms with E-state index in [9.17, 15) is 0 Å². The first-order valence-corrected chi connectivity index (χ1v) is 9.85. The molecule has 3 aromatic rings. The molecular weight excluding hydrogens is 344 g/mol. The molecule has 0 fully saturated rings. The zero-order valence-electron chi connectivity index (χ0n) is 15.5. The van der Waals surface area contributed by atoms with Crippen molar-refractivity contribution in [1.82, 2.24) is 0 Å². The van der Waals surface area contributed by atoms with E-state index in [4.69, 9.17) is 14.2 Å². The first-order valence-electron chi connectivity index (χ1n) is 8.63. The Hall–Kier alpha value is -2.33. The SMILES string of the molecule is COc1ccc2c(c1)CCc1c-2cc2cc(OC)c(OC)cc2c1SC. The van der Waals surface area contributed by atoms with Crippen molar-refractivity contribution in [2.45, 2.75) is 17.7 Å². The molecule has 3 aromatic carbocycles. The van der Waals surface area contributed by atoms with E-state index in [0.717, 1.165) is 30.1 Å². The summed E-state index contributed by atoms with van der Waals surface area (Å²) in [4.78, 5) is 1.33. The van der Waals surface area contributed by atoms with Crippen LogP contribution in [0.5, 0.6) is 17.2 Å². The van der Waals surface area contributed by atoms with Crippen molar-refractivity contribution in [2.24, 2.45) is 0 Å². The standard InChI is InChI=1S/C22H22O3S/c1-23-15-6-8-16-13(9-15)5-7-17-19(16)10-14-11-20(24-2)21(25-3)12-18(14)22(17)26-4/h6,8-12H,5,7H2,1-4H3. The lowest BCUT2D eigenvalue weighted by molar-refractivity contribution is 0.356. The molecule has 0 unspecified atom stereocenters. The minimum absolute atomic E-state index is 0.762. The molecule has 0 amide bonds. The van der Waals surface area contributed by atoms with Gasteiger partial charge in [0.2, 0.25) is 0 Å². The van der Waals surface area contributed by atoms with Gasteiger partial charge in [0.05, 0.1) is 21.3 Å². The predicted molar refractivity (Wildman–Crippen MR) is 108 cm³/mol. The molecule has 0 bridgehead atoms. The number of aryl methyl sites for hydroxylation is 1. The Morgan fingerprint density at radius 3 is 2.27 bits per heavy atom. The largest absolute Gasteiger partial charge is 0.497 e. The Morgan fingerprint density at radius 2 is 1.58 bits per heavy atom. The highest BCUT2D eigenvalue weighted by Crippen LogP contribution is 2.45. The second-order valence-corrected chi connectivity index (χ2v) is 7.20. The number of rotatable bonds is 4. The van der Waals surface area contributed by atoms with E-state index < -0.39 is 0 Å². The Morgan fingerprint density at radius 1 is 0.808 bits per heavy atom. The van der Waals surface area contributed by atoms with E-state index >= 15 is 0 Å². The molecule has 4 heteroatoms. The molecule has 26 heavy (non-hydrogen) atoms. The summed E-state index contributed by atoms with van der Waals surface area (Å²) >= 11 is 1.81. The van der Waals surface area contributed by atoms with E-state index in [1.54, 1.807) is 33.1 Å². The van der Waals surface area contributed by atoms with Gasteiger partial charge in [0.1, 0.15) is 5.75 Å². The molecule has 0 atom stereocenters. The van der Waals surface area contributed by atoms with E-state index in [2.05, 4.69) is 36.6 Å². The topological polar surface area (TPSA) is 27.7 Å². The molecule has 134 valence electrons. The van der Waals surface area contributed by atoms with Crippen LogP contribution in [0.25, 0.3) is 21.9 Å². The molecule has 0 N–H and O–H groups in total. The van der Waals surface area contributed by atoms with Crippen LogP contribution in [0.3, 0.4) is 0 Å². The van der Waals surface area contributed by atoms with Crippen LogP contribution < -0.4 is 14.2 Å². The number of hydrogen-bond acceptors (Lipinski definition) is 4. The van der Waals surface area contributed by atoms with Crippen LogP contribution in [0, 0.1) is 0 Å². The Kier molecular flexibility index (Phi) is 4.45. The predicted octanol–water partition coefficient (Wildman–Crippen LogP) is 5.35. The highest BCUT2D eigenvalue weighted by molar-refractivity contribution is 7.98. The van der Waals surface area contributed by atoms with E-state index in [0.29, 0.717) is 0 Å². The smallest absolute Gasteiger partial charge is 0.161 e. The van der Waals surface area contributed by atoms with Crippen molar-refractivity contribution >= 4 is 22.5 Å². The fraction of sp³-hybridized carbons (Fsp3) is 0.273. The van der Waals surface area contributed by atoms with Crippen LogP contribution in [0.4, 0.5) is 0 Å². The lowest BCUT2D eigenvalue weighted by atomic mass is 9.84. The number of methoxy groups -OCH3 is 3. The first kappa shape index (κ1) is 17.1. The van der Waals surface area contributed by atoms with Gasteiger partial charge in [-0.1, -0.05) is 6.07 Å². The Bertz CT molecular complexity index is 995. The van der Waals surface area contributed by atoms with Gasteiger partial charge in [0, 0.05) is 4.90 Å². The molecule has 0 aromatic heterocycles. The van der Waals surface area contributed by atoms with Crippen LogP contribution in [0.2, 0.25) is 0 Å². The summed E-state index contributed by atoms with van der Waals surface area (Å²) < 4.78 is 16.4. The molecule has 0 saturated heterocycles. The van der Waals surface area contributed by atoms with Crippen molar-refractivity contribution in [3.05, 3.63) is 47.5 Å². The maximum Gasteiger partial charge on any atom is 0.161 e. The van der Waals surface area contributed by atoms with Gasteiger partial charge in [0.15, 0.2) is 11.5 Å². The van der Waals surface area contributed by atoms with Crippen molar-refractivity contribution < 1.29 is 14.2 Å². The minimum atomic E-state index is 0.762. The van der Waals surface area contributed by atoms with Crippen LogP contribution in [0.15, 0.2) is 41.3 Å². The average Bonchev–Trinajstić information content (AvgIpc) is 2.70. The van der Waals surface area contributed by atoms with Crippen LogP contribution in [-0.2, 0) is 12.8 Å². The van der Waals surface area contributed by atoms with Gasteiger partial charge >= 0.3 is 0 Å². The van der Waals surface area contributed by atoms with Crippen LogP contribution in [-0.4, -0.2) is 27.6 Å². The van der Waals surface area contributed by atoms with Crippen molar-refractivity contribution in [2.75, 3.05) is 27.6 Å². The fourth-order valence-corrected chi connectivity index (χ4v) is 4.74. The summed E-state index contributed by atoms with van der Waals surface area (Å²) in [5.41, 5.74) is 5.40. The number of hydrogen-bond donors (Lipinski definition) is 0. The maximum atomic E-state index is 5.52. The summed E-state index contributed by atoms with van der Waals surface area (Å²) in [7, 11) is 5.08. The lowest BCUT2D eigenvalue weighted by Crippen LogP contribution is -2.06. The monoisotopic (exact) mass is 366 g/mol.